The zero-order valence-electron chi connectivity index (χ0n) is 12.3. The van der Waals surface area contributed by atoms with E-state index in [2.05, 4.69) is 9.80 Å². The van der Waals surface area contributed by atoms with Crippen molar-refractivity contribution in [3.8, 4) is 0 Å². The van der Waals surface area contributed by atoms with Gasteiger partial charge < -0.3 is 0 Å². The van der Waals surface area contributed by atoms with Crippen LogP contribution in [0.3, 0.4) is 0 Å². The number of benzene rings is 1. The first-order valence-electron chi connectivity index (χ1n) is 7.78. The Morgan fingerprint density at radius 2 is 2.05 bits per heavy atom. The zero-order valence-corrected chi connectivity index (χ0v) is 12.3. The van der Waals surface area contributed by atoms with E-state index >= 15 is 0 Å². The highest BCUT2D eigenvalue weighted by molar-refractivity contribution is 5.97. The number of aryl methyl sites for hydroxylation is 1. The summed E-state index contributed by atoms with van der Waals surface area (Å²) < 4.78 is 0. The minimum atomic E-state index is 0.260. The molecule has 0 spiro atoms. The van der Waals surface area contributed by atoms with Crippen LogP contribution in [0.25, 0.3) is 0 Å². The van der Waals surface area contributed by atoms with Crippen LogP contribution in [-0.2, 0) is 0 Å². The van der Waals surface area contributed by atoms with Gasteiger partial charge in [-0.1, -0.05) is 23.8 Å². The number of nitrogens with zero attached hydrogens (tertiary/aromatic N) is 2. The molecule has 2 aliphatic heterocycles. The van der Waals surface area contributed by atoms with E-state index in [0.717, 1.165) is 24.2 Å². The van der Waals surface area contributed by atoms with Gasteiger partial charge in [-0.2, -0.15) is 0 Å². The molecule has 0 bridgehead atoms. The van der Waals surface area contributed by atoms with Crippen molar-refractivity contribution in [1.29, 1.82) is 0 Å². The van der Waals surface area contributed by atoms with Gasteiger partial charge in [0.15, 0.2) is 5.78 Å². The Labute approximate surface area is 121 Å². The van der Waals surface area contributed by atoms with Crippen molar-refractivity contribution in [2.45, 2.75) is 32.2 Å². The zero-order chi connectivity index (χ0) is 13.9. The summed E-state index contributed by atoms with van der Waals surface area (Å²) in [7, 11) is 0. The SMILES string of the molecule is Cc1cccc(C(=O)CN2CCC(N3CCCC3)C2)c1. The summed E-state index contributed by atoms with van der Waals surface area (Å²) in [6.07, 6.45) is 3.92. The van der Waals surface area contributed by atoms with Crippen LogP contribution in [0.1, 0.15) is 35.2 Å². The lowest BCUT2D eigenvalue weighted by molar-refractivity contribution is 0.0940. The molecule has 2 saturated heterocycles. The maximum Gasteiger partial charge on any atom is 0.176 e. The maximum absolute atomic E-state index is 12.3. The van der Waals surface area contributed by atoms with Crippen molar-refractivity contribution in [2.75, 3.05) is 32.7 Å². The van der Waals surface area contributed by atoms with Crippen LogP contribution in [-0.4, -0.2) is 54.3 Å². The average Bonchev–Trinajstić information content (AvgIpc) is 3.08. The summed E-state index contributed by atoms with van der Waals surface area (Å²) in [5.41, 5.74) is 2.02. The highest BCUT2D eigenvalue weighted by atomic mass is 16.1. The molecule has 0 radical (unpaired) electrons. The second-order valence-electron chi connectivity index (χ2n) is 6.21. The molecule has 20 heavy (non-hydrogen) atoms. The smallest absolute Gasteiger partial charge is 0.176 e. The number of hydrogen-bond acceptors (Lipinski definition) is 3. The van der Waals surface area contributed by atoms with E-state index in [1.54, 1.807) is 0 Å². The van der Waals surface area contributed by atoms with E-state index in [4.69, 9.17) is 0 Å². The lowest BCUT2D eigenvalue weighted by Gasteiger charge is -2.23. The third kappa shape index (κ3) is 3.10. The molecule has 3 nitrogen and oxygen atoms in total. The van der Waals surface area contributed by atoms with Crippen LogP contribution in [0.15, 0.2) is 24.3 Å². The second-order valence-corrected chi connectivity index (χ2v) is 6.21. The van der Waals surface area contributed by atoms with Gasteiger partial charge in [0.1, 0.15) is 0 Å². The van der Waals surface area contributed by atoms with Crippen molar-refractivity contribution < 1.29 is 4.79 Å². The minimum Gasteiger partial charge on any atom is -0.299 e. The van der Waals surface area contributed by atoms with Gasteiger partial charge in [0.2, 0.25) is 0 Å². The Morgan fingerprint density at radius 1 is 1.25 bits per heavy atom. The monoisotopic (exact) mass is 272 g/mol. The average molecular weight is 272 g/mol. The van der Waals surface area contributed by atoms with Gasteiger partial charge in [-0.05, 0) is 45.3 Å². The fraction of sp³-hybridized carbons (Fsp3) is 0.588. The summed E-state index contributed by atoms with van der Waals surface area (Å²) in [5, 5.41) is 0. The number of likely N-dealkylation sites (tertiary alicyclic amines) is 2. The molecule has 0 N–H and O–H groups in total. The Bertz CT molecular complexity index is 480. The van der Waals surface area contributed by atoms with Gasteiger partial charge in [-0.3, -0.25) is 14.6 Å². The first kappa shape index (κ1) is 13.8. The molecule has 108 valence electrons. The summed E-state index contributed by atoms with van der Waals surface area (Å²) in [4.78, 5) is 17.3. The number of ketones is 1. The molecule has 2 heterocycles. The van der Waals surface area contributed by atoms with Gasteiger partial charge in [-0.15, -0.1) is 0 Å². The summed E-state index contributed by atoms with van der Waals surface area (Å²) in [6.45, 7) is 7.26. The normalized spacial score (nSPS) is 24.4. The highest BCUT2D eigenvalue weighted by Crippen LogP contribution is 2.20. The van der Waals surface area contributed by atoms with Crippen molar-refractivity contribution in [3.05, 3.63) is 35.4 Å². The fourth-order valence-corrected chi connectivity index (χ4v) is 3.47. The summed E-state index contributed by atoms with van der Waals surface area (Å²) in [6, 6.07) is 8.62. The van der Waals surface area contributed by atoms with Gasteiger partial charge in [-0.25, -0.2) is 0 Å². The van der Waals surface area contributed by atoms with Crippen molar-refractivity contribution in [3.63, 3.8) is 0 Å². The number of hydrogen-bond donors (Lipinski definition) is 0. The summed E-state index contributed by atoms with van der Waals surface area (Å²) in [5.74, 6) is 0.260. The largest absolute Gasteiger partial charge is 0.299 e. The van der Waals surface area contributed by atoms with Crippen LogP contribution < -0.4 is 0 Å². The molecule has 0 amide bonds. The Kier molecular flexibility index (Phi) is 4.18. The molecule has 2 fully saturated rings. The summed E-state index contributed by atoms with van der Waals surface area (Å²) >= 11 is 0. The highest BCUT2D eigenvalue weighted by Gasteiger charge is 2.29. The molecular formula is C17H24N2O. The van der Waals surface area contributed by atoms with E-state index in [0.29, 0.717) is 12.6 Å². The van der Waals surface area contributed by atoms with Crippen LogP contribution in [0.2, 0.25) is 0 Å². The molecule has 2 aliphatic rings. The Hall–Kier alpha value is -1.19. The molecule has 0 aliphatic carbocycles. The molecule has 0 aromatic heterocycles. The fourth-order valence-electron chi connectivity index (χ4n) is 3.47. The van der Waals surface area contributed by atoms with Crippen molar-refractivity contribution >= 4 is 5.78 Å². The maximum atomic E-state index is 12.3. The lowest BCUT2D eigenvalue weighted by Crippen LogP contribution is -2.36. The van der Waals surface area contributed by atoms with E-state index in [-0.39, 0.29) is 5.78 Å². The number of rotatable bonds is 4. The van der Waals surface area contributed by atoms with Crippen LogP contribution in [0.4, 0.5) is 0 Å². The third-order valence-electron chi connectivity index (χ3n) is 4.61. The Balaban J connectivity index is 1.55. The quantitative estimate of drug-likeness (QED) is 0.786. The van der Waals surface area contributed by atoms with Crippen molar-refractivity contribution in [1.82, 2.24) is 9.80 Å². The lowest BCUT2D eigenvalue weighted by atomic mass is 10.1. The van der Waals surface area contributed by atoms with Crippen molar-refractivity contribution in [2.24, 2.45) is 0 Å². The first-order valence-corrected chi connectivity index (χ1v) is 7.78. The molecular weight excluding hydrogens is 248 g/mol. The predicted molar refractivity (Wildman–Crippen MR) is 81.2 cm³/mol. The third-order valence-corrected chi connectivity index (χ3v) is 4.61. The topological polar surface area (TPSA) is 23.6 Å². The molecule has 1 aromatic rings. The Morgan fingerprint density at radius 3 is 2.80 bits per heavy atom. The van der Waals surface area contributed by atoms with E-state index in [1.807, 2.05) is 31.2 Å². The van der Waals surface area contributed by atoms with E-state index in [9.17, 15) is 4.79 Å². The van der Waals surface area contributed by atoms with E-state index < -0.39 is 0 Å². The molecule has 1 aromatic carbocycles. The standard InChI is InChI=1S/C17H24N2O/c1-14-5-4-6-15(11-14)17(20)13-18-10-7-16(12-18)19-8-2-3-9-19/h4-6,11,16H,2-3,7-10,12-13H2,1H3. The predicted octanol–water partition coefficient (Wildman–Crippen LogP) is 2.35. The number of carbonyl (C=O) groups is 1. The molecule has 3 heteroatoms. The molecule has 0 saturated carbocycles. The number of Topliss-reactive ketones (excluding diaryl/α,β-unsaturated/α-hetero) is 1. The van der Waals surface area contributed by atoms with Crippen LogP contribution in [0, 0.1) is 6.92 Å². The van der Waals surface area contributed by atoms with Crippen LogP contribution in [0.5, 0.6) is 0 Å². The number of carbonyl (C=O) groups excluding carboxylic acids is 1. The molecule has 1 unspecified atom stereocenters. The molecule has 1 atom stereocenters. The van der Waals surface area contributed by atoms with Gasteiger partial charge >= 0.3 is 0 Å². The van der Waals surface area contributed by atoms with E-state index in [1.165, 1.54) is 32.4 Å². The van der Waals surface area contributed by atoms with Gasteiger partial charge in [0, 0.05) is 24.7 Å². The molecule has 3 rings (SSSR count). The van der Waals surface area contributed by atoms with Gasteiger partial charge in [0.05, 0.1) is 6.54 Å². The second kappa shape index (κ2) is 6.06. The van der Waals surface area contributed by atoms with Gasteiger partial charge in [0.25, 0.3) is 0 Å². The first-order chi connectivity index (χ1) is 9.72. The minimum absolute atomic E-state index is 0.260. The van der Waals surface area contributed by atoms with Crippen LogP contribution >= 0.6 is 0 Å².